The van der Waals surface area contributed by atoms with Crippen LogP contribution in [0.3, 0.4) is 0 Å². The molecule has 0 bridgehead atoms. The van der Waals surface area contributed by atoms with Gasteiger partial charge in [0, 0.05) is 15.7 Å². The Labute approximate surface area is 72.4 Å². The Bertz CT molecular complexity index is 235. The van der Waals surface area contributed by atoms with Crippen LogP contribution in [0.5, 0.6) is 0 Å². The second-order valence-corrected chi connectivity index (χ2v) is 3.90. The van der Waals surface area contributed by atoms with Crippen LogP contribution in [0.1, 0.15) is 0 Å². The van der Waals surface area contributed by atoms with Crippen molar-refractivity contribution < 1.29 is 9.90 Å². The van der Waals surface area contributed by atoms with Crippen LogP contribution < -0.4 is 0 Å². The lowest BCUT2D eigenvalue weighted by atomic mass is 10.4. The molecule has 1 aromatic rings. The van der Waals surface area contributed by atoms with Gasteiger partial charge in [0.15, 0.2) is 0 Å². The van der Waals surface area contributed by atoms with Crippen LogP contribution in [0, 0.1) is 0 Å². The minimum atomic E-state index is -0.862. The fourth-order valence-corrected chi connectivity index (χ4v) is 1.83. The Morgan fingerprint density at radius 3 is 2.45 bits per heavy atom. The Morgan fingerprint density at radius 1 is 1.27 bits per heavy atom. The van der Waals surface area contributed by atoms with Crippen molar-refractivity contribution in [1.29, 1.82) is 0 Å². The summed E-state index contributed by atoms with van der Waals surface area (Å²) in [4.78, 5) is 11.1. The number of benzene rings is 1. The maximum atomic E-state index is 10.1. The van der Waals surface area contributed by atoms with Gasteiger partial charge in [-0.25, -0.2) is 4.79 Å². The predicted octanol–water partition coefficient (Wildman–Crippen LogP) is 3.10. The van der Waals surface area contributed by atoms with Gasteiger partial charge >= 0.3 is 5.30 Å². The Kier molecular flexibility index (Phi) is 3.32. The van der Waals surface area contributed by atoms with E-state index in [1.807, 2.05) is 30.3 Å². The van der Waals surface area contributed by atoms with Crippen molar-refractivity contribution in [3.05, 3.63) is 30.3 Å². The highest BCUT2D eigenvalue weighted by Crippen LogP contribution is 2.30. The molecule has 11 heavy (non-hydrogen) atoms. The summed E-state index contributed by atoms with van der Waals surface area (Å²) in [7, 11) is 2.06. The standard InChI is InChI=1S/C7H6O2S2/c8-7(9)11-10-6-4-2-1-3-5-6/h1-5H,(H,8,9). The number of hydrogen-bond acceptors (Lipinski definition) is 3. The molecule has 0 atom stereocenters. The summed E-state index contributed by atoms with van der Waals surface area (Å²) in [5.74, 6) is 0. The average Bonchev–Trinajstić information content (AvgIpc) is 2.03. The van der Waals surface area contributed by atoms with Crippen LogP contribution in [-0.4, -0.2) is 10.4 Å². The quantitative estimate of drug-likeness (QED) is 0.720. The van der Waals surface area contributed by atoms with E-state index in [2.05, 4.69) is 0 Å². The lowest BCUT2D eigenvalue weighted by molar-refractivity contribution is 0.222. The molecule has 0 spiro atoms. The molecule has 0 saturated carbocycles. The molecule has 0 radical (unpaired) electrons. The molecule has 4 heteroatoms. The summed E-state index contributed by atoms with van der Waals surface area (Å²) in [6, 6.07) is 9.41. The predicted molar refractivity (Wildman–Crippen MR) is 47.9 cm³/mol. The highest BCUT2D eigenvalue weighted by atomic mass is 33.1. The Hall–Kier alpha value is -0.610. The van der Waals surface area contributed by atoms with Crippen molar-refractivity contribution in [2.75, 3.05) is 0 Å². The van der Waals surface area contributed by atoms with E-state index in [-0.39, 0.29) is 0 Å². The maximum absolute atomic E-state index is 10.1. The van der Waals surface area contributed by atoms with Gasteiger partial charge in [-0.15, -0.1) is 0 Å². The SMILES string of the molecule is O=C(O)SSc1ccccc1. The third-order valence-electron chi connectivity index (χ3n) is 0.952. The van der Waals surface area contributed by atoms with Crippen LogP contribution in [0.25, 0.3) is 0 Å². The first-order chi connectivity index (χ1) is 5.29. The molecule has 0 aliphatic rings. The summed E-state index contributed by atoms with van der Waals surface area (Å²) >= 11 is 0. The fraction of sp³-hybridized carbons (Fsp3) is 0. The van der Waals surface area contributed by atoms with E-state index in [9.17, 15) is 4.79 Å². The van der Waals surface area contributed by atoms with Crippen molar-refractivity contribution in [2.45, 2.75) is 4.90 Å². The largest absolute Gasteiger partial charge is 0.473 e. The summed E-state index contributed by atoms with van der Waals surface area (Å²) in [6.07, 6.45) is 0. The van der Waals surface area contributed by atoms with Gasteiger partial charge in [-0.2, -0.15) is 0 Å². The fourth-order valence-electron chi connectivity index (χ4n) is 0.560. The van der Waals surface area contributed by atoms with Crippen LogP contribution in [0.4, 0.5) is 4.79 Å². The van der Waals surface area contributed by atoms with Gasteiger partial charge in [0.2, 0.25) is 0 Å². The number of carboxylic acid groups (broad SMARTS) is 1. The van der Waals surface area contributed by atoms with E-state index in [0.717, 1.165) is 15.7 Å². The first-order valence-corrected chi connectivity index (χ1v) is 5.06. The van der Waals surface area contributed by atoms with Gasteiger partial charge in [0.25, 0.3) is 0 Å². The van der Waals surface area contributed by atoms with Gasteiger partial charge < -0.3 is 5.11 Å². The van der Waals surface area contributed by atoms with Gasteiger partial charge in [0.1, 0.15) is 0 Å². The molecule has 1 N–H and O–H groups in total. The van der Waals surface area contributed by atoms with E-state index in [0.29, 0.717) is 0 Å². The monoisotopic (exact) mass is 186 g/mol. The molecule has 0 saturated heterocycles. The molecule has 0 heterocycles. The zero-order valence-corrected chi connectivity index (χ0v) is 7.19. The Morgan fingerprint density at radius 2 is 1.91 bits per heavy atom. The van der Waals surface area contributed by atoms with E-state index >= 15 is 0 Å². The summed E-state index contributed by atoms with van der Waals surface area (Å²) in [6.45, 7) is 0. The smallest absolute Gasteiger partial charge is 0.375 e. The molecule has 58 valence electrons. The molecule has 0 aliphatic carbocycles. The van der Waals surface area contributed by atoms with E-state index in [1.165, 1.54) is 10.8 Å². The third-order valence-corrected chi connectivity index (χ3v) is 2.90. The van der Waals surface area contributed by atoms with Gasteiger partial charge in [-0.3, -0.25) is 0 Å². The number of carbonyl (C=O) groups is 1. The molecule has 1 aromatic carbocycles. The lowest BCUT2D eigenvalue weighted by Gasteiger charge is -1.93. The Balaban J connectivity index is 2.45. The zero-order chi connectivity index (χ0) is 8.10. The summed E-state index contributed by atoms with van der Waals surface area (Å²) < 4.78 is 0. The van der Waals surface area contributed by atoms with Crippen molar-refractivity contribution in [3.63, 3.8) is 0 Å². The highest BCUT2D eigenvalue weighted by molar-refractivity contribution is 8.82. The molecule has 0 aliphatic heterocycles. The van der Waals surface area contributed by atoms with Crippen LogP contribution >= 0.6 is 21.6 Å². The second kappa shape index (κ2) is 4.31. The molecular weight excluding hydrogens is 180 g/mol. The van der Waals surface area contributed by atoms with Gasteiger partial charge in [0.05, 0.1) is 0 Å². The molecular formula is C7H6O2S2. The topological polar surface area (TPSA) is 37.3 Å². The van der Waals surface area contributed by atoms with Crippen molar-refractivity contribution in [3.8, 4) is 0 Å². The molecule has 0 aromatic heterocycles. The summed E-state index contributed by atoms with van der Waals surface area (Å²) in [5, 5.41) is 7.45. The third kappa shape index (κ3) is 3.34. The first kappa shape index (κ1) is 8.49. The van der Waals surface area contributed by atoms with E-state index in [1.54, 1.807) is 0 Å². The first-order valence-electron chi connectivity index (χ1n) is 2.91. The van der Waals surface area contributed by atoms with Crippen LogP contribution in [0.15, 0.2) is 35.2 Å². The minimum Gasteiger partial charge on any atom is -0.473 e. The maximum Gasteiger partial charge on any atom is 0.375 e. The van der Waals surface area contributed by atoms with Crippen LogP contribution in [0.2, 0.25) is 0 Å². The average molecular weight is 186 g/mol. The van der Waals surface area contributed by atoms with Gasteiger partial charge in [-0.1, -0.05) is 18.2 Å². The summed E-state index contributed by atoms with van der Waals surface area (Å²) in [5.41, 5.74) is 0. The van der Waals surface area contributed by atoms with Crippen molar-refractivity contribution in [1.82, 2.24) is 0 Å². The van der Waals surface area contributed by atoms with E-state index in [4.69, 9.17) is 5.11 Å². The zero-order valence-electron chi connectivity index (χ0n) is 5.56. The van der Waals surface area contributed by atoms with Crippen LogP contribution in [-0.2, 0) is 0 Å². The molecule has 0 amide bonds. The normalized spacial score (nSPS) is 9.45. The highest BCUT2D eigenvalue weighted by Gasteiger charge is 1.98. The molecule has 1 rings (SSSR count). The molecule has 0 unspecified atom stereocenters. The van der Waals surface area contributed by atoms with E-state index < -0.39 is 5.30 Å². The van der Waals surface area contributed by atoms with Crippen molar-refractivity contribution >= 4 is 26.9 Å². The minimum absolute atomic E-state index is 0.818. The number of hydrogen-bond donors (Lipinski definition) is 1. The molecule has 0 fully saturated rings. The second-order valence-electron chi connectivity index (χ2n) is 1.75. The van der Waals surface area contributed by atoms with Gasteiger partial charge in [-0.05, 0) is 22.9 Å². The lowest BCUT2D eigenvalue weighted by Crippen LogP contribution is -1.76. The van der Waals surface area contributed by atoms with Crippen molar-refractivity contribution in [2.24, 2.45) is 0 Å². The molecule has 2 nitrogen and oxygen atoms in total. The number of rotatable bonds is 2.